The largest absolute Gasteiger partial charge is 0.494 e. The van der Waals surface area contributed by atoms with Crippen LogP contribution in [0.15, 0.2) is 24.3 Å². The number of esters is 1. The molecular formula is C19H29NO5. The molecule has 0 heterocycles. The lowest BCUT2D eigenvalue weighted by atomic mass is 10.0. The Kier molecular flexibility index (Phi) is 10.5. The first kappa shape index (κ1) is 21.1. The third-order valence-electron chi connectivity index (χ3n) is 3.66. The van der Waals surface area contributed by atoms with Crippen molar-refractivity contribution in [2.24, 2.45) is 5.73 Å². The monoisotopic (exact) mass is 351 g/mol. The normalized spacial score (nSPS) is 11.8. The zero-order chi connectivity index (χ0) is 18.5. The Morgan fingerprint density at radius 2 is 1.76 bits per heavy atom. The SMILES string of the molecule is CCOC(=O)CCCOc1ccc(C[C@H](N)C(=O)CCCOC)cc1. The summed E-state index contributed by atoms with van der Waals surface area (Å²) in [7, 11) is 1.62. The molecule has 0 bridgehead atoms. The molecule has 0 unspecified atom stereocenters. The van der Waals surface area contributed by atoms with E-state index in [0.29, 0.717) is 51.9 Å². The molecule has 0 saturated carbocycles. The van der Waals surface area contributed by atoms with Crippen molar-refractivity contribution in [3.63, 3.8) is 0 Å². The van der Waals surface area contributed by atoms with Gasteiger partial charge in [0.05, 0.1) is 19.3 Å². The summed E-state index contributed by atoms with van der Waals surface area (Å²) < 4.78 is 15.4. The average molecular weight is 351 g/mol. The summed E-state index contributed by atoms with van der Waals surface area (Å²) in [4.78, 5) is 23.1. The van der Waals surface area contributed by atoms with Crippen molar-refractivity contribution in [2.75, 3.05) is 26.9 Å². The lowest BCUT2D eigenvalue weighted by Crippen LogP contribution is -2.32. The Labute approximate surface area is 149 Å². The highest BCUT2D eigenvalue weighted by Gasteiger charge is 2.13. The van der Waals surface area contributed by atoms with Gasteiger partial charge in [-0.1, -0.05) is 12.1 Å². The quantitative estimate of drug-likeness (QED) is 0.433. The number of rotatable bonds is 13. The van der Waals surface area contributed by atoms with Crippen LogP contribution in [0, 0.1) is 0 Å². The fourth-order valence-corrected chi connectivity index (χ4v) is 2.31. The molecule has 0 aliphatic carbocycles. The third-order valence-corrected chi connectivity index (χ3v) is 3.66. The number of ether oxygens (including phenoxy) is 3. The van der Waals surface area contributed by atoms with E-state index < -0.39 is 6.04 Å². The standard InChI is InChI=1S/C19H29NO5/c1-3-24-19(22)7-5-13-25-16-10-8-15(9-11-16)14-17(20)18(21)6-4-12-23-2/h8-11,17H,3-7,12-14,20H2,1-2H3/t17-/m0/s1. The number of hydrogen-bond acceptors (Lipinski definition) is 6. The van der Waals surface area contributed by atoms with Crippen LogP contribution >= 0.6 is 0 Å². The van der Waals surface area contributed by atoms with Gasteiger partial charge in [0.25, 0.3) is 0 Å². The summed E-state index contributed by atoms with van der Waals surface area (Å²) in [5.41, 5.74) is 6.95. The van der Waals surface area contributed by atoms with E-state index in [1.54, 1.807) is 14.0 Å². The van der Waals surface area contributed by atoms with Crippen molar-refractivity contribution in [3.05, 3.63) is 29.8 Å². The lowest BCUT2D eigenvalue weighted by molar-refractivity contribution is -0.143. The Bertz CT molecular complexity index is 515. The minimum Gasteiger partial charge on any atom is -0.494 e. The van der Waals surface area contributed by atoms with Crippen molar-refractivity contribution < 1.29 is 23.8 Å². The van der Waals surface area contributed by atoms with Gasteiger partial charge >= 0.3 is 5.97 Å². The number of ketones is 1. The lowest BCUT2D eigenvalue weighted by Gasteiger charge is -2.11. The fraction of sp³-hybridized carbons (Fsp3) is 0.579. The van der Waals surface area contributed by atoms with Gasteiger partial charge in [0.2, 0.25) is 0 Å². The van der Waals surface area contributed by atoms with Crippen LogP contribution in [0.2, 0.25) is 0 Å². The molecule has 0 aliphatic heterocycles. The molecule has 0 spiro atoms. The highest BCUT2D eigenvalue weighted by atomic mass is 16.5. The number of methoxy groups -OCH3 is 1. The molecular weight excluding hydrogens is 322 g/mol. The number of Topliss-reactive ketones (excluding diaryl/α,β-unsaturated/α-hetero) is 1. The topological polar surface area (TPSA) is 87.9 Å². The Morgan fingerprint density at radius 3 is 2.40 bits per heavy atom. The molecule has 0 fully saturated rings. The molecule has 0 aromatic heterocycles. The van der Waals surface area contributed by atoms with Crippen LogP contribution in [-0.2, 0) is 25.5 Å². The van der Waals surface area contributed by atoms with E-state index in [1.807, 2.05) is 24.3 Å². The summed E-state index contributed by atoms with van der Waals surface area (Å²) in [5.74, 6) is 0.578. The van der Waals surface area contributed by atoms with Gasteiger partial charge in [-0.15, -0.1) is 0 Å². The molecule has 1 rings (SSSR count). The van der Waals surface area contributed by atoms with Gasteiger partial charge in [0.1, 0.15) is 11.5 Å². The van der Waals surface area contributed by atoms with Gasteiger partial charge in [0.15, 0.2) is 0 Å². The van der Waals surface area contributed by atoms with Gasteiger partial charge in [-0.3, -0.25) is 9.59 Å². The minimum atomic E-state index is -0.492. The van der Waals surface area contributed by atoms with E-state index >= 15 is 0 Å². The molecule has 25 heavy (non-hydrogen) atoms. The van der Waals surface area contributed by atoms with Gasteiger partial charge in [-0.25, -0.2) is 0 Å². The van der Waals surface area contributed by atoms with Gasteiger partial charge in [-0.2, -0.15) is 0 Å². The first-order valence-corrected chi connectivity index (χ1v) is 8.71. The summed E-state index contributed by atoms with van der Waals surface area (Å²) in [6, 6.07) is 7.02. The second kappa shape index (κ2) is 12.4. The molecule has 6 heteroatoms. The molecule has 6 nitrogen and oxygen atoms in total. The summed E-state index contributed by atoms with van der Waals surface area (Å²) in [6.45, 7) is 3.21. The summed E-state index contributed by atoms with van der Waals surface area (Å²) >= 11 is 0. The van der Waals surface area contributed by atoms with Gasteiger partial charge < -0.3 is 19.9 Å². The van der Waals surface area contributed by atoms with Crippen LogP contribution in [0.1, 0.15) is 38.2 Å². The maximum absolute atomic E-state index is 11.9. The maximum Gasteiger partial charge on any atom is 0.305 e. The van der Waals surface area contributed by atoms with Gasteiger partial charge in [-0.05, 0) is 43.9 Å². The van der Waals surface area contributed by atoms with E-state index in [9.17, 15) is 9.59 Å². The van der Waals surface area contributed by atoms with Crippen LogP contribution in [-0.4, -0.2) is 44.7 Å². The maximum atomic E-state index is 11.9. The van der Waals surface area contributed by atoms with Crippen LogP contribution < -0.4 is 10.5 Å². The van der Waals surface area contributed by atoms with Crippen LogP contribution in [0.3, 0.4) is 0 Å². The number of benzene rings is 1. The fourth-order valence-electron chi connectivity index (χ4n) is 2.31. The number of nitrogens with two attached hydrogens (primary N) is 1. The van der Waals surface area contributed by atoms with Crippen LogP contribution in [0.25, 0.3) is 0 Å². The van der Waals surface area contributed by atoms with Crippen LogP contribution in [0.4, 0.5) is 0 Å². The Morgan fingerprint density at radius 1 is 1.08 bits per heavy atom. The molecule has 1 aromatic rings. The predicted molar refractivity (Wildman–Crippen MR) is 95.6 cm³/mol. The smallest absolute Gasteiger partial charge is 0.305 e. The zero-order valence-corrected chi connectivity index (χ0v) is 15.2. The van der Waals surface area contributed by atoms with Crippen molar-refractivity contribution in [1.29, 1.82) is 0 Å². The van der Waals surface area contributed by atoms with E-state index in [4.69, 9.17) is 19.9 Å². The molecule has 1 aromatic carbocycles. The molecule has 2 N–H and O–H groups in total. The highest BCUT2D eigenvalue weighted by molar-refractivity contribution is 5.84. The number of carbonyl (C=O) groups is 2. The summed E-state index contributed by atoms with van der Waals surface area (Å²) in [5, 5.41) is 0. The van der Waals surface area contributed by atoms with Crippen molar-refractivity contribution in [2.45, 2.75) is 45.1 Å². The van der Waals surface area contributed by atoms with E-state index in [2.05, 4.69) is 0 Å². The minimum absolute atomic E-state index is 0.0522. The van der Waals surface area contributed by atoms with Crippen molar-refractivity contribution >= 4 is 11.8 Å². The number of carbonyl (C=O) groups excluding carboxylic acids is 2. The van der Waals surface area contributed by atoms with Crippen LogP contribution in [0.5, 0.6) is 5.75 Å². The Hall–Kier alpha value is -1.92. The van der Waals surface area contributed by atoms with E-state index in [0.717, 1.165) is 11.3 Å². The highest BCUT2D eigenvalue weighted by Crippen LogP contribution is 2.14. The third kappa shape index (κ3) is 9.22. The molecule has 140 valence electrons. The number of hydrogen-bond donors (Lipinski definition) is 1. The second-order valence-electron chi connectivity index (χ2n) is 5.77. The first-order valence-electron chi connectivity index (χ1n) is 8.71. The molecule has 1 atom stereocenters. The van der Waals surface area contributed by atoms with E-state index in [1.165, 1.54) is 0 Å². The molecule has 0 radical (unpaired) electrons. The zero-order valence-electron chi connectivity index (χ0n) is 15.2. The molecule has 0 aliphatic rings. The second-order valence-corrected chi connectivity index (χ2v) is 5.77. The Balaban J connectivity index is 2.30. The molecule has 0 amide bonds. The van der Waals surface area contributed by atoms with Crippen molar-refractivity contribution in [3.8, 4) is 5.75 Å². The average Bonchev–Trinajstić information content (AvgIpc) is 2.60. The van der Waals surface area contributed by atoms with E-state index in [-0.39, 0.29) is 11.8 Å². The van der Waals surface area contributed by atoms with Gasteiger partial charge in [0, 0.05) is 26.6 Å². The predicted octanol–water partition coefficient (Wildman–Crippen LogP) is 2.27. The first-order chi connectivity index (χ1) is 12.1. The van der Waals surface area contributed by atoms with Crippen molar-refractivity contribution in [1.82, 2.24) is 0 Å². The summed E-state index contributed by atoms with van der Waals surface area (Å²) in [6.07, 6.45) is 2.61. The molecule has 0 saturated heterocycles.